The third-order valence-electron chi connectivity index (χ3n) is 6.06. The summed E-state index contributed by atoms with van der Waals surface area (Å²) in [6.07, 6.45) is 5.23. The van der Waals surface area contributed by atoms with Crippen molar-refractivity contribution in [1.29, 1.82) is 0 Å². The lowest BCUT2D eigenvalue weighted by Crippen LogP contribution is -2.41. The number of likely N-dealkylation sites (tertiary alicyclic amines) is 1. The van der Waals surface area contributed by atoms with Crippen LogP contribution in [0, 0.1) is 0 Å². The minimum Gasteiger partial charge on any atom is -0.303 e. The van der Waals surface area contributed by atoms with Gasteiger partial charge < -0.3 is 4.90 Å². The van der Waals surface area contributed by atoms with Crippen molar-refractivity contribution < 1.29 is 0 Å². The van der Waals surface area contributed by atoms with Crippen molar-refractivity contribution in [2.75, 3.05) is 19.6 Å². The standard InChI is InChI=1S/C22H27N.C2H6/c1-2-14-23-15-12-22(13-16-23)17-20(18-8-4-3-5-9-18)19-10-6-7-11-21(19)22;1-2/h3-11,20H,2,12-17H2,1H3;1-2H3. The van der Waals surface area contributed by atoms with Gasteiger partial charge in [-0.2, -0.15) is 0 Å². The molecule has 0 aromatic heterocycles. The molecule has 1 aliphatic heterocycles. The second-order valence-corrected chi connectivity index (χ2v) is 7.38. The Bertz CT molecular complexity index is 653. The molecule has 1 atom stereocenters. The van der Waals surface area contributed by atoms with Gasteiger partial charge in [0.05, 0.1) is 0 Å². The summed E-state index contributed by atoms with van der Waals surface area (Å²) in [5.74, 6) is 0.588. The third kappa shape index (κ3) is 3.53. The summed E-state index contributed by atoms with van der Waals surface area (Å²) in [5, 5.41) is 0. The van der Waals surface area contributed by atoms with Gasteiger partial charge in [0, 0.05) is 5.92 Å². The highest BCUT2D eigenvalue weighted by Crippen LogP contribution is 2.53. The molecule has 1 aliphatic carbocycles. The molecule has 25 heavy (non-hydrogen) atoms. The largest absolute Gasteiger partial charge is 0.303 e. The van der Waals surface area contributed by atoms with Gasteiger partial charge in [-0.05, 0) is 67.4 Å². The number of hydrogen-bond acceptors (Lipinski definition) is 1. The summed E-state index contributed by atoms with van der Waals surface area (Å²) < 4.78 is 0. The number of nitrogens with zero attached hydrogens (tertiary/aromatic N) is 1. The molecule has 2 aromatic rings. The number of piperidine rings is 1. The smallest absolute Gasteiger partial charge is 0.0101 e. The van der Waals surface area contributed by atoms with Crippen molar-refractivity contribution in [3.05, 3.63) is 71.3 Å². The van der Waals surface area contributed by atoms with Crippen LogP contribution in [0.25, 0.3) is 0 Å². The average Bonchev–Trinajstić information content (AvgIpc) is 3.01. The molecule has 0 bridgehead atoms. The van der Waals surface area contributed by atoms with E-state index >= 15 is 0 Å². The highest BCUT2D eigenvalue weighted by Gasteiger charge is 2.45. The van der Waals surface area contributed by atoms with E-state index in [4.69, 9.17) is 0 Å². The van der Waals surface area contributed by atoms with Crippen molar-refractivity contribution in [2.45, 2.75) is 57.8 Å². The van der Waals surface area contributed by atoms with E-state index in [1.165, 1.54) is 50.9 Å². The van der Waals surface area contributed by atoms with Crippen molar-refractivity contribution in [2.24, 2.45) is 0 Å². The molecular formula is C24H33N. The molecule has 1 heteroatoms. The van der Waals surface area contributed by atoms with Crippen LogP contribution < -0.4 is 0 Å². The maximum Gasteiger partial charge on any atom is 0.0101 e. The van der Waals surface area contributed by atoms with E-state index in [-0.39, 0.29) is 0 Å². The first-order valence-corrected chi connectivity index (χ1v) is 10.2. The third-order valence-corrected chi connectivity index (χ3v) is 6.06. The van der Waals surface area contributed by atoms with Crippen LogP contribution in [0.1, 0.15) is 69.1 Å². The SMILES string of the molecule is CC.CCCN1CCC2(CC1)CC(c1ccccc1)c1ccccc12. The van der Waals surface area contributed by atoms with E-state index in [1.807, 2.05) is 13.8 Å². The Morgan fingerprint density at radius 1 is 0.920 bits per heavy atom. The summed E-state index contributed by atoms with van der Waals surface area (Å²) >= 11 is 0. The minimum absolute atomic E-state index is 0.418. The predicted octanol–water partition coefficient (Wildman–Crippen LogP) is 5.99. The Hall–Kier alpha value is -1.60. The van der Waals surface area contributed by atoms with Crippen LogP contribution in [-0.2, 0) is 5.41 Å². The molecule has 1 spiro atoms. The monoisotopic (exact) mass is 335 g/mol. The van der Waals surface area contributed by atoms with Crippen molar-refractivity contribution in [1.82, 2.24) is 4.90 Å². The summed E-state index contributed by atoms with van der Waals surface area (Å²) in [7, 11) is 0. The first-order chi connectivity index (χ1) is 12.3. The quantitative estimate of drug-likeness (QED) is 0.665. The zero-order chi connectivity index (χ0) is 17.7. The van der Waals surface area contributed by atoms with Crippen LogP contribution in [0.2, 0.25) is 0 Å². The fraction of sp³-hybridized carbons (Fsp3) is 0.500. The fourth-order valence-corrected chi connectivity index (χ4v) is 4.87. The van der Waals surface area contributed by atoms with Crippen LogP contribution in [0.3, 0.4) is 0 Å². The Balaban J connectivity index is 0.000000880. The van der Waals surface area contributed by atoms with E-state index < -0.39 is 0 Å². The number of rotatable bonds is 3. The lowest BCUT2D eigenvalue weighted by atomic mass is 9.73. The molecule has 1 fully saturated rings. The minimum atomic E-state index is 0.418. The first-order valence-electron chi connectivity index (χ1n) is 10.2. The molecule has 134 valence electrons. The molecule has 1 unspecified atom stereocenters. The molecule has 0 N–H and O–H groups in total. The molecule has 0 amide bonds. The normalized spacial score (nSPS) is 21.5. The van der Waals surface area contributed by atoms with Crippen LogP contribution in [0.4, 0.5) is 0 Å². The van der Waals surface area contributed by atoms with Crippen molar-refractivity contribution >= 4 is 0 Å². The molecule has 0 saturated carbocycles. The zero-order valence-electron chi connectivity index (χ0n) is 16.2. The highest BCUT2D eigenvalue weighted by molar-refractivity contribution is 5.48. The van der Waals surface area contributed by atoms with Gasteiger partial charge in [-0.15, -0.1) is 0 Å². The molecule has 0 radical (unpaired) electrons. The van der Waals surface area contributed by atoms with Crippen molar-refractivity contribution in [3.63, 3.8) is 0 Å². The molecular weight excluding hydrogens is 302 g/mol. The van der Waals surface area contributed by atoms with E-state index in [0.29, 0.717) is 11.3 Å². The summed E-state index contributed by atoms with van der Waals surface area (Å²) in [4.78, 5) is 2.66. The maximum atomic E-state index is 2.66. The summed E-state index contributed by atoms with van der Waals surface area (Å²) in [5.41, 5.74) is 5.14. The van der Waals surface area contributed by atoms with Gasteiger partial charge in [-0.25, -0.2) is 0 Å². The summed E-state index contributed by atoms with van der Waals surface area (Å²) in [6.45, 7) is 10.1. The molecule has 2 aromatic carbocycles. The highest BCUT2D eigenvalue weighted by atomic mass is 15.1. The van der Waals surface area contributed by atoms with Crippen LogP contribution in [0.15, 0.2) is 54.6 Å². The predicted molar refractivity (Wildman–Crippen MR) is 108 cm³/mol. The van der Waals surface area contributed by atoms with E-state index in [2.05, 4.69) is 66.4 Å². The van der Waals surface area contributed by atoms with Gasteiger partial charge in [-0.3, -0.25) is 0 Å². The molecule has 1 saturated heterocycles. The number of benzene rings is 2. The second-order valence-electron chi connectivity index (χ2n) is 7.38. The topological polar surface area (TPSA) is 3.24 Å². The van der Waals surface area contributed by atoms with E-state index in [1.54, 1.807) is 11.1 Å². The Labute approximate surface area is 154 Å². The van der Waals surface area contributed by atoms with Crippen molar-refractivity contribution in [3.8, 4) is 0 Å². The van der Waals surface area contributed by atoms with E-state index in [9.17, 15) is 0 Å². The molecule has 2 aliphatic rings. The first kappa shape index (κ1) is 18.2. The summed E-state index contributed by atoms with van der Waals surface area (Å²) in [6, 6.07) is 20.4. The zero-order valence-corrected chi connectivity index (χ0v) is 16.2. The van der Waals surface area contributed by atoms with Gasteiger partial charge in [0.25, 0.3) is 0 Å². The number of hydrogen-bond donors (Lipinski definition) is 0. The van der Waals surface area contributed by atoms with Gasteiger partial charge in [0.1, 0.15) is 0 Å². The van der Waals surface area contributed by atoms with Crippen LogP contribution >= 0.6 is 0 Å². The lowest BCUT2D eigenvalue weighted by Gasteiger charge is -2.40. The average molecular weight is 336 g/mol. The Kier molecular flexibility index (Phi) is 5.96. The van der Waals surface area contributed by atoms with Gasteiger partial charge in [-0.1, -0.05) is 75.4 Å². The van der Waals surface area contributed by atoms with E-state index in [0.717, 1.165) is 0 Å². The van der Waals surface area contributed by atoms with Gasteiger partial charge in [0.15, 0.2) is 0 Å². The molecule has 1 heterocycles. The van der Waals surface area contributed by atoms with Crippen LogP contribution in [-0.4, -0.2) is 24.5 Å². The Morgan fingerprint density at radius 2 is 1.56 bits per heavy atom. The number of fused-ring (bicyclic) bond motifs is 2. The fourth-order valence-electron chi connectivity index (χ4n) is 4.87. The molecule has 4 rings (SSSR count). The van der Waals surface area contributed by atoms with Crippen LogP contribution in [0.5, 0.6) is 0 Å². The molecule has 1 nitrogen and oxygen atoms in total. The Morgan fingerprint density at radius 3 is 2.24 bits per heavy atom. The van der Waals surface area contributed by atoms with Gasteiger partial charge >= 0.3 is 0 Å². The maximum absolute atomic E-state index is 2.66. The lowest BCUT2D eigenvalue weighted by molar-refractivity contribution is 0.157. The second kappa shape index (κ2) is 8.19. The van der Waals surface area contributed by atoms with Gasteiger partial charge in [0.2, 0.25) is 0 Å².